The Bertz CT molecular complexity index is 663. The van der Waals surface area contributed by atoms with Crippen LogP contribution in [-0.4, -0.2) is 22.0 Å². The SMILES string of the molecule is Cc1cc(/C=C/C(=O)O)cc(C(=O)Nc2nccs2)c1. The molecule has 20 heavy (non-hydrogen) atoms. The smallest absolute Gasteiger partial charge is 0.328 e. The van der Waals surface area contributed by atoms with Gasteiger partial charge in [-0.25, -0.2) is 9.78 Å². The lowest BCUT2D eigenvalue weighted by Crippen LogP contribution is -2.12. The molecule has 1 aromatic heterocycles. The summed E-state index contributed by atoms with van der Waals surface area (Å²) in [6.07, 6.45) is 4.10. The minimum Gasteiger partial charge on any atom is -0.478 e. The van der Waals surface area contributed by atoms with Crippen molar-refractivity contribution in [3.8, 4) is 0 Å². The van der Waals surface area contributed by atoms with E-state index in [0.29, 0.717) is 16.3 Å². The Morgan fingerprint density at radius 1 is 1.35 bits per heavy atom. The normalized spacial score (nSPS) is 10.7. The van der Waals surface area contributed by atoms with Gasteiger partial charge in [-0.3, -0.25) is 10.1 Å². The number of rotatable bonds is 4. The third-order valence-corrected chi connectivity index (χ3v) is 3.12. The lowest BCUT2D eigenvalue weighted by Gasteiger charge is -2.05. The number of aliphatic carboxylic acids is 1. The van der Waals surface area contributed by atoms with Crippen LogP contribution < -0.4 is 5.32 Å². The molecule has 0 spiro atoms. The highest BCUT2D eigenvalue weighted by atomic mass is 32.1. The predicted octanol–water partition coefficient (Wildman–Crippen LogP) is 2.80. The highest BCUT2D eigenvalue weighted by molar-refractivity contribution is 7.13. The van der Waals surface area contributed by atoms with E-state index < -0.39 is 5.97 Å². The number of anilines is 1. The van der Waals surface area contributed by atoms with Crippen LogP contribution in [0.15, 0.2) is 35.9 Å². The highest BCUT2D eigenvalue weighted by Gasteiger charge is 2.08. The summed E-state index contributed by atoms with van der Waals surface area (Å²) in [6, 6.07) is 5.18. The standard InChI is InChI=1S/C14H12N2O3S/c1-9-6-10(2-3-12(17)18)8-11(7-9)13(19)16-14-15-4-5-20-14/h2-8H,1H3,(H,17,18)(H,15,16,19)/b3-2+. The Hall–Kier alpha value is -2.47. The third-order valence-electron chi connectivity index (χ3n) is 2.43. The number of carbonyl (C=O) groups is 2. The van der Waals surface area contributed by atoms with Gasteiger partial charge in [0.15, 0.2) is 5.13 Å². The summed E-state index contributed by atoms with van der Waals surface area (Å²) >= 11 is 1.33. The number of thiazole rings is 1. The number of nitrogens with one attached hydrogen (secondary N) is 1. The van der Waals surface area contributed by atoms with Crippen molar-refractivity contribution in [1.29, 1.82) is 0 Å². The Morgan fingerprint density at radius 2 is 2.15 bits per heavy atom. The lowest BCUT2D eigenvalue weighted by atomic mass is 10.1. The third kappa shape index (κ3) is 3.76. The fraction of sp³-hybridized carbons (Fsp3) is 0.0714. The van der Waals surface area contributed by atoms with Crippen molar-refractivity contribution in [1.82, 2.24) is 4.98 Å². The number of benzene rings is 1. The Morgan fingerprint density at radius 3 is 2.80 bits per heavy atom. The van der Waals surface area contributed by atoms with Gasteiger partial charge < -0.3 is 5.11 Å². The Kier molecular flexibility index (Phi) is 4.27. The van der Waals surface area contributed by atoms with Gasteiger partial charge in [0.05, 0.1) is 0 Å². The van der Waals surface area contributed by atoms with Crippen molar-refractivity contribution in [3.05, 3.63) is 52.5 Å². The summed E-state index contributed by atoms with van der Waals surface area (Å²) in [5.74, 6) is -1.30. The van der Waals surface area contributed by atoms with Gasteiger partial charge in [0.1, 0.15) is 0 Å². The number of nitrogens with zero attached hydrogens (tertiary/aromatic N) is 1. The summed E-state index contributed by atoms with van der Waals surface area (Å²) in [6.45, 7) is 1.85. The van der Waals surface area contributed by atoms with Crippen molar-refractivity contribution in [3.63, 3.8) is 0 Å². The van der Waals surface area contributed by atoms with Crippen molar-refractivity contribution in [2.45, 2.75) is 6.92 Å². The molecule has 2 rings (SSSR count). The van der Waals surface area contributed by atoms with Gasteiger partial charge in [-0.05, 0) is 36.3 Å². The van der Waals surface area contributed by atoms with Crippen LogP contribution in [0.3, 0.4) is 0 Å². The molecule has 0 fully saturated rings. The maximum Gasteiger partial charge on any atom is 0.328 e. The Labute approximate surface area is 119 Å². The lowest BCUT2D eigenvalue weighted by molar-refractivity contribution is -0.131. The van der Waals surface area contributed by atoms with E-state index in [1.165, 1.54) is 17.4 Å². The number of hydrogen-bond acceptors (Lipinski definition) is 4. The molecule has 0 aliphatic carbocycles. The van der Waals surface area contributed by atoms with Gasteiger partial charge in [0, 0.05) is 23.2 Å². The van der Waals surface area contributed by atoms with Crippen LogP contribution in [0.25, 0.3) is 6.08 Å². The molecule has 0 radical (unpaired) electrons. The second-order valence-electron chi connectivity index (χ2n) is 4.10. The fourth-order valence-electron chi connectivity index (χ4n) is 1.66. The van der Waals surface area contributed by atoms with E-state index in [4.69, 9.17) is 5.11 Å². The number of aryl methyl sites for hydroxylation is 1. The molecule has 2 aromatic rings. The van der Waals surface area contributed by atoms with E-state index in [2.05, 4.69) is 10.3 Å². The second kappa shape index (κ2) is 6.12. The van der Waals surface area contributed by atoms with E-state index in [1.54, 1.807) is 29.8 Å². The van der Waals surface area contributed by atoms with Crippen LogP contribution in [-0.2, 0) is 4.79 Å². The molecule has 0 aliphatic rings. The van der Waals surface area contributed by atoms with Crippen LogP contribution >= 0.6 is 11.3 Å². The molecular formula is C14H12N2O3S. The molecule has 0 saturated carbocycles. The molecule has 1 amide bonds. The number of hydrogen-bond donors (Lipinski definition) is 2. The zero-order chi connectivity index (χ0) is 14.5. The molecule has 0 aliphatic heterocycles. The first-order chi connectivity index (χ1) is 9.54. The quantitative estimate of drug-likeness (QED) is 0.848. The first kappa shape index (κ1) is 14.0. The number of carboxylic acid groups (broad SMARTS) is 1. The topological polar surface area (TPSA) is 79.3 Å². The van der Waals surface area contributed by atoms with E-state index >= 15 is 0 Å². The molecule has 1 heterocycles. The summed E-state index contributed by atoms with van der Waals surface area (Å²) in [5.41, 5.74) is 2.00. The first-order valence-corrected chi connectivity index (χ1v) is 6.66. The molecule has 1 aromatic carbocycles. The van der Waals surface area contributed by atoms with Crippen LogP contribution in [0, 0.1) is 6.92 Å². The van der Waals surface area contributed by atoms with Gasteiger partial charge in [0.2, 0.25) is 0 Å². The number of carboxylic acids is 1. The maximum atomic E-state index is 12.1. The Balaban J connectivity index is 2.23. The zero-order valence-electron chi connectivity index (χ0n) is 10.7. The van der Waals surface area contributed by atoms with Gasteiger partial charge in [-0.1, -0.05) is 6.07 Å². The van der Waals surface area contributed by atoms with Crippen LogP contribution in [0.2, 0.25) is 0 Å². The van der Waals surface area contributed by atoms with Crippen LogP contribution in [0.4, 0.5) is 5.13 Å². The molecule has 102 valence electrons. The average molecular weight is 288 g/mol. The van der Waals surface area contributed by atoms with Crippen LogP contribution in [0.5, 0.6) is 0 Å². The highest BCUT2D eigenvalue weighted by Crippen LogP contribution is 2.15. The summed E-state index contributed by atoms with van der Waals surface area (Å²) in [5, 5.41) is 13.6. The molecule has 0 bridgehead atoms. The fourth-order valence-corrected chi connectivity index (χ4v) is 2.19. The number of amides is 1. The molecule has 0 atom stereocenters. The van der Waals surface area contributed by atoms with E-state index in [0.717, 1.165) is 11.6 Å². The van der Waals surface area contributed by atoms with Gasteiger partial charge in [-0.2, -0.15) is 0 Å². The van der Waals surface area contributed by atoms with Gasteiger partial charge >= 0.3 is 5.97 Å². The molecule has 2 N–H and O–H groups in total. The second-order valence-corrected chi connectivity index (χ2v) is 4.99. The number of aromatic nitrogens is 1. The van der Waals surface area contributed by atoms with Crippen molar-refractivity contribution in [2.75, 3.05) is 5.32 Å². The van der Waals surface area contributed by atoms with Gasteiger partial charge in [0.25, 0.3) is 5.91 Å². The monoisotopic (exact) mass is 288 g/mol. The molecule has 6 heteroatoms. The zero-order valence-corrected chi connectivity index (χ0v) is 11.5. The number of carbonyl (C=O) groups excluding carboxylic acids is 1. The molecule has 0 saturated heterocycles. The van der Waals surface area contributed by atoms with Crippen LogP contribution in [0.1, 0.15) is 21.5 Å². The minimum absolute atomic E-state index is 0.270. The largest absolute Gasteiger partial charge is 0.478 e. The first-order valence-electron chi connectivity index (χ1n) is 5.78. The molecule has 0 unspecified atom stereocenters. The molecular weight excluding hydrogens is 276 g/mol. The van der Waals surface area contributed by atoms with Gasteiger partial charge in [-0.15, -0.1) is 11.3 Å². The van der Waals surface area contributed by atoms with E-state index in [1.807, 2.05) is 6.92 Å². The average Bonchev–Trinajstić information content (AvgIpc) is 2.88. The summed E-state index contributed by atoms with van der Waals surface area (Å²) in [4.78, 5) is 26.6. The van der Waals surface area contributed by atoms with E-state index in [9.17, 15) is 9.59 Å². The summed E-state index contributed by atoms with van der Waals surface area (Å²) in [7, 11) is 0. The minimum atomic E-state index is -1.03. The molecule has 5 nitrogen and oxygen atoms in total. The predicted molar refractivity (Wildman–Crippen MR) is 77.9 cm³/mol. The van der Waals surface area contributed by atoms with Crippen molar-refractivity contribution >= 4 is 34.4 Å². The summed E-state index contributed by atoms with van der Waals surface area (Å²) < 4.78 is 0. The van der Waals surface area contributed by atoms with Crippen molar-refractivity contribution in [2.24, 2.45) is 0 Å². The maximum absolute atomic E-state index is 12.1. The van der Waals surface area contributed by atoms with E-state index in [-0.39, 0.29) is 5.91 Å². The van der Waals surface area contributed by atoms with Crippen molar-refractivity contribution < 1.29 is 14.7 Å².